The molecule has 142 valence electrons. The van der Waals surface area contributed by atoms with Gasteiger partial charge < -0.3 is 4.42 Å². The lowest BCUT2D eigenvalue weighted by molar-refractivity contribution is 0.559. The average Bonchev–Trinajstić information content (AvgIpc) is 3.19. The van der Waals surface area contributed by atoms with Crippen LogP contribution in [0.25, 0.3) is 11.0 Å². The Bertz CT molecular complexity index is 1260. The summed E-state index contributed by atoms with van der Waals surface area (Å²) < 4.78 is 6.57. The van der Waals surface area contributed by atoms with Crippen LogP contribution in [0, 0.1) is 0 Å². The van der Waals surface area contributed by atoms with Crippen molar-refractivity contribution in [3.05, 3.63) is 111 Å². The van der Waals surface area contributed by atoms with E-state index in [0.29, 0.717) is 17.6 Å². The number of benzene rings is 3. The molecule has 1 unspecified atom stereocenters. The maximum Gasteiger partial charge on any atom is 0.345 e. The van der Waals surface area contributed by atoms with E-state index in [4.69, 9.17) is 9.52 Å². The predicted molar refractivity (Wildman–Crippen MR) is 119 cm³/mol. The van der Waals surface area contributed by atoms with Crippen LogP contribution in [0.15, 0.2) is 104 Å². The van der Waals surface area contributed by atoms with Crippen LogP contribution in [0.4, 0.5) is 5.69 Å². The first-order chi connectivity index (χ1) is 14.2. The molecule has 1 atom stereocenters. The molecule has 0 aliphatic carbocycles. The fourth-order valence-electron chi connectivity index (χ4n) is 3.70. The normalized spacial score (nSPS) is 16.2. The number of hydrazone groups is 1. The molecule has 4 aromatic rings. The molecule has 3 aromatic carbocycles. The number of nitrogens with zero attached hydrogens (tertiary/aromatic N) is 2. The Morgan fingerprint density at radius 3 is 2.45 bits per heavy atom. The molecule has 0 N–H and O–H groups in total. The molecule has 1 aliphatic heterocycles. The highest BCUT2D eigenvalue weighted by Gasteiger charge is 2.31. The Hall–Kier alpha value is -3.18. The lowest BCUT2D eigenvalue weighted by Crippen LogP contribution is -2.18. The van der Waals surface area contributed by atoms with Gasteiger partial charge in [0, 0.05) is 16.3 Å². The third-order valence-electron chi connectivity index (χ3n) is 5.14. The third-order valence-corrected chi connectivity index (χ3v) is 5.67. The van der Waals surface area contributed by atoms with Crippen molar-refractivity contribution in [1.82, 2.24) is 0 Å². The van der Waals surface area contributed by atoms with Gasteiger partial charge in [0.2, 0.25) is 0 Å². The molecule has 2 heterocycles. The molecule has 0 saturated heterocycles. The molecular weight excluding hydrogens is 428 g/mol. The van der Waals surface area contributed by atoms with Crippen LogP contribution in [0.3, 0.4) is 0 Å². The lowest BCUT2D eigenvalue weighted by Gasteiger charge is -2.24. The fourth-order valence-corrected chi connectivity index (χ4v) is 3.96. The zero-order valence-electron chi connectivity index (χ0n) is 15.5. The first-order valence-corrected chi connectivity index (χ1v) is 10.2. The van der Waals surface area contributed by atoms with Gasteiger partial charge >= 0.3 is 5.63 Å². The van der Waals surface area contributed by atoms with Crippen molar-refractivity contribution >= 4 is 38.3 Å². The number of hydrogen-bond donors (Lipinski definition) is 0. The minimum Gasteiger partial charge on any atom is -0.422 e. The van der Waals surface area contributed by atoms with Gasteiger partial charge in [0.15, 0.2) is 0 Å². The van der Waals surface area contributed by atoms with E-state index in [1.165, 1.54) is 0 Å². The monoisotopic (exact) mass is 444 g/mol. The Kier molecular flexibility index (Phi) is 4.52. The molecule has 1 aliphatic rings. The predicted octanol–water partition coefficient (Wildman–Crippen LogP) is 5.91. The van der Waals surface area contributed by atoms with Gasteiger partial charge in [0.05, 0.1) is 23.0 Å². The highest BCUT2D eigenvalue weighted by atomic mass is 79.9. The van der Waals surface area contributed by atoms with Crippen molar-refractivity contribution in [3.8, 4) is 0 Å². The third kappa shape index (κ3) is 3.38. The van der Waals surface area contributed by atoms with Crippen molar-refractivity contribution in [3.63, 3.8) is 0 Å². The summed E-state index contributed by atoms with van der Waals surface area (Å²) in [7, 11) is 0. The molecule has 0 radical (unpaired) electrons. The summed E-state index contributed by atoms with van der Waals surface area (Å²) in [6.07, 6.45) is 0.625. The number of fused-ring (bicyclic) bond motifs is 1. The highest BCUT2D eigenvalue weighted by molar-refractivity contribution is 9.10. The molecule has 5 rings (SSSR count). The van der Waals surface area contributed by atoms with Gasteiger partial charge in [-0.25, -0.2) is 4.79 Å². The number of hydrogen-bond acceptors (Lipinski definition) is 4. The molecule has 0 bridgehead atoms. The fraction of sp³-hybridized carbons (Fsp3) is 0.0833. The Morgan fingerprint density at radius 2 is 1.66 bits per heavy atom. The van der Waals surface area contributed by atoms with Gasteiger partial charge in [0.25, 0.3) is 0 Å². The van der Waals surface area contributed by atoms with E-state index in [-0.39, 0.29) is 11.7 Å². The largest absolute Gasteiger partial charge is 0.422 e. The number of anilines is 1. The van der Waals surface area contributed by atoms with E-state index in [1.807, 2.05) is 71.7 Å². The molecule has 5 heteroatoms. The molecule has 0 fully saturated rings. The molecule has 0 spiro atoms. The standard InChI is InChI=1S/C24H17BrN2O2/c25-18-12-10-16(11-13-18)22-15-21(26-27(22)19-7-2-1-3-8-19)20-14-17-6-4-5-9-23(17)29-24(20)28/h1-14,22H,15H2. The highest BCUT2D eigenvalue weighted by Crippen LogP contribution is 2.36. The smallest absolute Gasteiger partial charge is 0.345 e. The minimum atomic E-state index is -0.355. The van der Waals surface area contributed by atoms with Gasteiger partial charge in [-0.15, -0.1) is 0 Å². The lowest BCUT2D eigenvalue weighted by atomic mass is 9.98. The van der Waals surface area contributed by atoms with E-state index in [9.17, 15) is 4.79 Å². The van der Waals surface area contributed by atoms with E-state index >= 15 is 0 Å². The topological polar surface area (TPSA) is 45.8 Å². The summed E-state index contributed by atoms with van der Waals surface area (Å²) in [5.41, 5.74) is 3.61. The summed E-state index contributed by atoms with van der Waals surface area (Å²) in [4.78, 5) is 12.7. The van der Waals surface area contributed by atoms with Gasteiger partial charge in [-0.2, -0.15) is 5.10 Å². The molecule has 0 saturated carbocycles. The maximum atomic E-state index is 12.7. The maximum absolute atomic E-state index is 12.7. The zero-order valence-corrected chi connectivity index (χ0v) is 17.0. The van der Waals surface area contributed by atoms with E-state index in [2.05, 4.69) is 28.1 Å². The van der Waals surface area contributed by atoms with Gasteiger partial charge in [0.1, 0.15) is 5.58 Å². The first-order valence-electron chi connectivity index (χ1n) is 9.39. The van der Waals surface area contributed by atoms with E-state index < -0.39 is 0 Å². The van der Waals surface area contributed by atoms with Crippen LogP contribution in [0.2, 0.25) is 0 Å². The van der Waals surface area contributed by atoms with Crippen molar-refractivity contribution in [2.75, 3.05) is 5.01 Å². The summed E-state index contributed by atoms with van der Waals surface area (Å²) >= 11 is 3.50. The molecule has 4 nitrogen and oxygen atoms in total. The molecule has 29 heavy (non-hydrogen) atoms. The number of halogens is 1. The number of rotatable bonds is 3. The summed E-state index contributed by atoms with van der Waals surface area (Å²) in [5.74, 6) is 0. The van der Waals surface area contributed by atoms with Crippen LogP contribution in [0.1, 0.15) is 23.6 Å². The van der Waals surface area contributed by atoms with Crippen LogP contribution < -0.4 is 10.6 Å². The summed E-state index contributed by atoms with van der Waals surface area (Å²) in [6.45, 7) is 0. The molecule has 1 aromatic heterocycles. The Labute approximate surface area is 176 Å². The summed E-state index contributed by atoms with van der Waals surface area (Å²) in [6, 6.07) is 27.7. The van der Waals surface area contributed by atoms with Crippen molar-refractivity contribution < 1.29 is 4.42 Å². The number of para-hydroxylation sites is 2. The Balaban J connectivity index is 1.61. The minimum absolute atomic E-state index is 0.00590. The first kappa shape index (κ1) is 17.9. The second-order valence-corrected chi connectivity index (χ2v) is 7.90. The van der Waals surface area contributed by atoms with Crippen LogP contribution in [-0.4, -0.2) is 5.71 Å². The summed E-state index contributed by atoms with van der Waals surface area (Å²) in [5, 5.41) is 7.74. The van der Waals surface area contributed by atoms with Crippen LogP contribution in [-0.2, 0) is 0 Å². The van der Waals surface area contributed by atoms with Crippen molar-refractivity contribution in [2.45, 2.75) is 12.5 Å². The Morgan fingerprint density at radius 1 is 0.931 bits per heavy atom. The zero-order chi connectivity index (χ0) is 19.8. The molecule has 0 amide bonds. The van der Waals surface area contributed by atoms with Crippen molar-refractivity contribution in [1.29, 1.82) is 0 Å². The SMILES string of the molecule is O=c1oc2ccccc2cc1C1=NN(c2ccccc2)C(c2ccc(Br)cc2)C1. The second-order valence-electron chi connectivity index (χ2n) is 6.98. The average molecular weight is 445 g/mol. The van der Waals surface area contributed by atoms with Gasteiger partial charge in [-0.1, -0.05) is 64.5 Å². The molecular formula is C24H17BrN2O2. The van der Waals surface area contributed by atoms with Gasteiger partial charge in [-0.3, -0.25) is 5.01 Å². The van der Waals surface area contributed by atoms with Crippen LogP contribution in [0.5, 0.6) is 0 Å². The second kappa shape index (κ2) is 7.33. The van der Waals surface area contributed by atoms with E-state index in [1.54, 1.807) is 6.07 Å². The quantitative estimate of drug-likeness (QED) is 0.369. The van der Waals surface area contributed by atoms with Crippen molar-refractivity contribution in [2.24, 2.45) is 5.10 Å². The van der Waals surface area contributed by atoms with Gasteiger partial charge in [-0.05, 0) is 42.0 Å². The van der Waals surface area contributed by atoms with Crippen LogP contribution >= 0.6 is 15.9 Å². The van der Waals surface area contributed by atoms with E-state index in [0.717, 1.165) is 26.8 Å².